The molecule has 1 unspecified atom stereocenters. The van der Waals surface area contributed by atoms with Gasteiger partial charge in [0.25, 0.3) is 0 Å². The molecule has 6 nitrogen and oxygen atoms in total. The maximum atomic E-state index is 14.0. The lowest BCUT2D eigenvalue weighted by Gasteiger charge is -2.36. The fraction of sp³-hybridized carbons (Fsp3) is 0.545. The molecule has 2 aromatic rings. The van der Waals surface area contributed by atoms with Gasteiger partial charge >= 0.3 is 0 Å². The van der Waals surface area contributed by atoms with Crippen molar-refractivity contribution in [3.8, 4) is 0 Å². The molecule has 0 bridgehead atoms. The summed E-state index contributed by atoms with van der Waals surface area (Å²) in [6.45, 7) is 9.66. The third kappa shape index (κ3) is 4.96. The van der Waals surface area contributed by atoms with Gasteiger partial charge in [0, 0.05) is 56.6 Å². The second-order valence-electron chi connectivity index (χ2n) is 8.06. The predicted octanol–water partition coefficient (Wildman–Crippen LogP) is 2.74. The highest BCUT2D eigenvalue weighted by atomic mass is 19.1. The summed E-state index contributed by atoms with van der Waals surface area (Å²) >= 11 is 0. The van der Waals surface area contributed by atoms with Crippen LogP contribution in [0.2, 0.25) is 0 Å². The molecule has 1 aliphatic rings. The summed E-state index contributed by atoms with van der Waals surface area (Å²) in [7, 11) is 4.02. The summed E-state index contributed by atoms with van der Waals surface area (Å²) < 4.78 is 15.8. The van der Waals surface area contributed by atoms with E-state index >= 15 is 0 Å². The molecule has 2 heterocycles. The third-order valence-corrected chi connectivity index (χ3v) is 5.94. The van der Waals surface area contributed by atoms with Gasteiger partial charge in [0.2, 0.25) is 5.91 Å². The smallest absolute Gasteiger partial charge is 0.220 e. The van der Waals surface area contributed by atoms with Crippen molar-refractivity contribution in [3.63, 3.8) is 0 Å². The number of aromatic nitrogens is 2. The Labute approximate surface area is 172 Å². The highest BCUT2D eigenvalue weighted by Gasteiger charge is 2.21. The minimum absolute atomic E-state index is 0.0336. The third-order valence-electron chi connectivity index (χ3n) is 5.94. The molecule has 0 saturated carbocycles. The first-order chi connectivity index (χ1) is 13.8. The first-order valence-corrected chi connectivity index (χ1v) is 10.3. The minimum atomic E-state index is -0.277. The highest BCUT2D eigenvalue weighted by Crippen LogP contribution is 2.28. The summed E-state index contributed by atoms with van der Waals surface area (Å²) in [4.78, 5) is 17.2. The van der Waals surface area contributed by atoms with E-state index in [-0.39, 0.29) is 17.8 Å². The Morgan fingerprint density at radius 3 is 2.52 bits per heavy atom. The van der Waals surface area contributed by atoms with E-state index in [1.165, 1.54) is 6.07 Å². The standard InChI is InChI=1S/C22H32FN5O/c1-15(24-22(29)9-7-19-16(2)25-27(5)17(19)3)20-14-18(23)6-8-21(20)28-12-10-26(4)11-13-28/h6,8,14-15H,7,9-13H2,1-5H3,(H,24,29). The number of anilines is 1. The molecule has 1 N–H and O–H groups in total. The van der Waals surface area contributed by atoms with E-state index in [2.05, 4.69) is 27.3 Å². The van der Waals surface area contributed by atoms with Crippen LogP contribution >= 0.6 is 0 Å². The molecule has 7 heteroatoms. The van der Waals surface area contributed by atoms with Gasteiger partial charge in [-0.05, 0) is 58.0 Å². The summed E-state index contributed by atoms with van der Waals surface area (Å²) in [5, 5.41) is 7.47. The maximum absolute atomic E-state index is 14.0. The van der Waals surface area contributed by atoms with Crippen molar-refractivity contribution in [2.75, 3.05) is 38.1 Å². The lowest BCUT2D eigenvalue weighted by Crippen LogP contribution is -2.45. The fourth-order valence-corrected chi connectivity index (χ4v) is 4.02. The second kappa shape index (κ2) is 8.95. The van der Waals surface area contributed by atoms with Crippen LogP contribution in [0.3, 0.4) is 0 Å². The lowest BCUT2D eigenvalue weighted by molar-refractivity contribution is -0.121. The van der Waals surface area contributed by atoms with Gasteiger partial charge in [-0.15, -0.1) is 0 Å². The Kier molecular flexibility index (Phi) is 6.57. The van der Waals surface area contributed by atoms with Crippen LogP contribution in [0.15, 0.2) is 18.2 Å². The minimum Gasteiger partial charge on any atom is -0.369 e. The van der Waals surface area contributed by atoms with Gasteiger partial charge in [-0.2, -0.15) is 5.10 Å². The number of aryl methyl sites for hydroxylation is 2. The van der Waals surface area contributed by atoms with Gasteiger partial charge in [0.15, 0.2) is 0 Å². The fourth-order valence-electron chi connectivity index (χ4n) is 4.02. The zero-order valence-electron chi connectivity index (χ0n) is 18.1. The molecule has 1 fully saturated rings. The Hall–Kier alpha value is -2.41. The number of benzene rings is 1. The van der Waals surface area contributed by atoms with E-state index < -0.39 is 0 Å². The molecule has 1 aliphatic heterocycles. The number of piperazine rings is 1. The Morgan fingerprint density at radius 2 is 1.90 bits per heavy atom. The molecule has 0 radical (unpaired) electrons. The number of carbonyl (C=O) groups is 1. The molecule has 29 heavy (non-hydrogen) atoms. The SMILES string of the molecule is Cc1nn(C)c(C)c1CCC(=O)NC(C)c1cc(F)ccc1N1CCN(C)CC1. The van der Waals surface area contributed by atoms with Crippen LogP contribution in [0, 0.1) is 19.7 Å². The van der Waals surface area contributed by atoms with Gasteiger partial charge in [-0.25, -0.2) is 4.39 Å². The van der Waals surface area contributed by atoms with E-state index in [1.807, 2.05) is 38.6 Å². The average molecular weight is 402 g/mol. The number of hydrogen-bond acceptors (Lipinski definition) is 4. The molecule has 1 aromatic heterocycles. The number of halogens is 1. The van der Waals surface area contributed by atoms with Crippen molar-refractivity contribution < 1.29 is 9.18 Å². The van der Waals surface area contributed by atoms with Crippen molar-refractivity contribution in [1.29, 1.82) is 0 Å². The predicted molar refractivity (Wildman–Crippen MR) is 114 cm³/mol. The van der Waals surface area contributed by atoms with Crippen LogP contribution in [0.25, 0.3) is 0 Å². The van der Waals surface area contributed by atoms with Crippen molar-refractivity contribution in [2.24, 2.45) is 7.05 Å². The Balaban J connectivity index is 1.67. The second-order valence-corrected chi connectivity index (χ2v) is 8.06. The first kappa shape index (κ1) is 21.3. The van der Waals surface area contributed by atoms with Crippen LogP contribution < -0.4 is 10.2 Å². The number of nitrogens with one attached hydrogen (secondary N) is 1. The summed E-state index contributed by atoms with van der Waals surface area (Å²) in [5.41, 5.74) is 5.02. The highest BCUT2D eigenvalue weighted by molar-refractivity contribution is 5.77. The van der Waals surface area contributed by atoms with E-state index in [1.54, 1.807) is 6.07 Å². The number of rotatable bonds is 6. The summed E-state index contributed by atoms with van der Waals surface area (Å²) in [6, 6.07) is 4.62. The summed E-state index contributed by atoms with van der Waals surface area (Å²) in [6.07, 6.45) is 1.04. The van der Waals surface area contributed by atoms with Crippen molar-refractivity contribution >= 4 is 11.6 Å². The van der Waals surface area contributed by atoms with Crippen molar-refractivity contribution in [2.45, 2.75) is 39.7 Å². The van der Waals surface area contributed by atoms with Crippen LogP contribution in [0.5, 0.6) is 0 Å². The Bertz CT molecular complexity index is 870. The van der Waals surface area contributed by atoms with E-state index in [4.69, 9.17) is 0 Å². The van der Waals surface area contributed by atoms with E-state index in [0.29, 0.717) is 12.8 Å². The molecule has 0 spiro atoms. The van der Waals surface area contributed by atoms with Crippen LogP contribution in [-0.4, -0.2) is 53.8 Å². The number of amides is 1. The van der Waals surface area contributed by atoms with Gasteiger partial charge in [-0.3, -0.25) is 9.48 Å². The molecule has 3 rings (SSSR count). The van der Waals surface area contributed by atoms with Gasteiger partial charge in [0.05, 0.1) is 11.7 Å². The summed E-state index contributed by atoms with van der Waals surface area (Å²) in [5.74, 6) is -0.311. The molecular weight excluding hydrogens is 369 g/mol. The van der Waals surface area contributed by atoms with Crippen LogP contribution in [0.1, 0.15) is 41.9 Å². The van der Waals surface area contributed by atoms with Crippen LogP contribution in [-0.2, 0) is 18.3 Å². The number of hydrogen-bond donors (Lipinski definition) is 1. The zero-order valence-corrected chi connectivity index (χ0v) is 18.1. The van der Waals surface area contributed by atoms with Crippen molar-refractivity contribution in [1.82, 2.24) is 20.0 Å². The van der Waals surface area contributed by atoms with Crippen molar-refractivity contribution in [3.05, 3.63) is 46.5 Å². The topological polar surface area (TPSA) is 53.4 Å². The molecule has 1 aromatic carbocycles. The van der Waals surface area contributed by atoms with Gasteiger partial charge in [0.1, 0.15) is 5.82 Å². The maximum Gasteiger partial charge on any atom is 0.220 e. The average Bonchev–Trinajstić information content (AvgIpc) is 2.92. The van der Waals surface area contributed by atoms with Gasteiger partial charge < -0.3 is 15.1 Å². The molecule has 1 amide bonds. The molecular formula is C22H32FN5O. The first-order valence-electron chi connectivity index (χ1n) is 10.3. The lowest BCUT2D eigenvalue weighted by atomic mass is 10.0. The van der Waals surface area contributed by atoms with E-state index in [9.17, 15) is 9.18 Å². The molecule has 158 valence electrons. The van der Waals surface area contributed by atoms with Crippen LogP contribution in [0.4, 0.5) is 10.1 Å². The number of nitrogens with zero attached hydrogens (tertiary/aromatic N) is 4. The molecule has 1 saturated heterocycles. The number of likely N-dealkylation sites (N-methyl/N-ethyl adjacent to an activating group) is 1. The normalized spacial score (nSPS) is 16.1. The quantitative estimate of drug-likeness (QED) is 0.809. The largest absolute Gasteiger partial charge is 0.369 e. The number of carbonyl (C=O) groups excluding carboxylic acids is 1. The van der Waals surface area contributed by atoms with Gasteiger partial charge in [-0.1, -0.05) is 0 Å². The molecule has 0 aliphatic carbocycles. The molecule has 1 atom stereocenters. The zero-order chi connectivity index (χ0) is 21.1. The van der Waals surface area contributed by atoms with E-state index in [0.717, 1.165) is 54.4 Å². The monoisotopic (exact) mass is 401 g/mol. The Morgan fingerprint density at radius 1 is 1.21 bits per heavy atom.